The Morgan fingerprint density at radius 2 is 2.06 bits per heavy atom. The maximum Gasteiger partial charge on any atom is 0.0320 e. The topological polar surface area (TPSA) is 12.0 Å². The van der Waals surface area contributed by atoms with Crippen molar-refractivity contribution in [2.24, 2.45) is 0 Å². The molecule has 1 heterocycles. The predicted octanol–water partition coefficient (Wildman–Crippen LogP) is 3.95. The molecule has 0 aromatic heterocycles. The zero-order chi connectivity index (χ0) is 12.7. The normalized spacial score (nSPS) is 26.8. The van der Waals surface area contributed by atoms with Gasteiger partial charge in [0, 0.05) is 28.0 Å². The summed E-state index contributed by atoms with van der Waals surface area (Å²) in [6.45, 7) is 12.2. The fraction of sp³-hybridized carbons (Fsp3) is 0.857. The van der Waals surface area contributed by atoms with Crippen LogP contribution < -0.4 is 5.32 Å². The van der Waals surface area contributed by atoms with E-state index in [0.717, 1.165) is 29.9 Å². The molecule has 1 fully saturated rings. The second kappa shape index (κ2) is 8.49. The number of thioether (sulfide) groups is 2. The van der Waals surface area contributed by atoms with Gasteiger partial charge in [0.25, 0.3) is 0 Å². The molecule has 0 saturated carbocycles. The van der Waals surface area contributed by atoms with E-state index in [1.807, 2.05) is 0 Å². The summed E-state index contributed by atoms with van der Waals surface area (Å²) in [4.78, 5) is 0. The van der Waals surface area contributed by atoms with Gasteiger partial charge in [-0.25, -0.2) is 0 Å². The molecule has 1 N–H and O–H groups in total. The van der Waals surface area contributed by atoms with Crippen molar-refractivity contribution < 1.29 is 0 Å². The summed E-state index contributed by atoms with van der Waals surface area (Å²) < 4.78 is 0. The summed E-state index contributed by atoms with van der Waals surface area (Å²) in [5, 5.41) is 5.26. The van der Waals surface area contributed by atoms with Crippen LogP contribution in [0.15, 0.2) is 12.2 Å². The monoisotopic (exact) mass is 273 g/mol. The van der Waals surface area contributed by atoms with E-state index in [4.69, 9.17) is 0 Å². The lowest BCUT2D eigenvalue weighted by atomic mass is 10.0. The number of nitrogens with one attached hydrogen (secondary N) is 1. The summed E-state index contributed by atoms with van der Waals surface area (Å²) >= 11 is 4.29. The first-order valence-corrected chi connectivity index (χ1v) is 8.92. The van der Waals surface area contributed by atoms with Crippen LogP contribution in [-0.4, -0.2) is 34.6 Å². The molecule has 1 saturated heterocycles. The van der Waals surface area contributed by atoms with Crippen LogP contribution in [0.1, 0.15) is 40.0 Å². The minimum absolute atomic E-state index is 0.621. The molecule has 0 aliphatic carbocycles. The average Bonchev–Trinajstić information content (AvgIpc) is 2.35. The third-order valence-electron chi connectivity index (χ3n) is 3.30. The van der Waals surface area contributed by atoms with Gasteiger partial charge >= 0.3 is 0 Å². The van der Waals surface area contributed by atoms with E-state index in [-0.39, 0.29) is 0 Å². The van der Waals surface area contributed by atoms with E-state index in [1.165, 1.54) is 23.5 Å². The maximum atomic E-state index is 4.18. The molecule has 0 bridgehead atoms. The van der Waals surface area contributed by atoms with Crippen LogP contribution >= 0.6 is 23.5 Å². The third kappa shape index (κ3) is 5.27. The van der Waals surface area contributed by atoms with Crippen molar-refractivity contribution in [1.29, 1.82) is 0 Å². The first kappa shape index (κ1) is 15.5. The summed E-state index contributed by atoms with van der Waals surface area (Å²) in [6, 6.07) is 0.621. The molecule has 1 rings (SSSR count). The summed E-state index contributed by atoms with van der Waals surface area (Å²) in [6.07, 6.45) is 3.48. The van der Waals surface area contributed by atoms with E-state index in [2.05, 4.69) is 56.2 Å². The summed E-state index contributed by atoms with van der Waals surface area (Å²) in [7, 11) is 0. The molecule has 3 unspecified atom stereocenters. The SMILES string of the molecule is C=C(CC)CC(NCCC)C1SCCSC1C. The van der Waals surface area contributed by atoms with Crippen molar-refractivity contribution in [3.8, 4) is 0 Å². The zero-order valence-electron chi connectivity index (χ0n) is 11.5. The molecule has 100 valence electrons. The lowest BCUT2D eigenvalue weighted by Crippen LogP contribution is -2.44. The van der Waals surface area contributed by atoms with E-state index in [9.17, 15) is 0 Å². The highest BCUT2D eigenvalue weighted by atomic mass is 32.2. The van der Waals surface area contributed by atoms with Gasteiger partial charge in [0.2, 0.25) is 0 Å². The average molecular weight is 274 g/mol. The van der Waals surface area contributed by atoms with Crippen molar-refractivity contribution in [1.82, 2.24) is 5.32 Å². The Bertz CT molecular complexity index is 230. The molecule has 0 amide bonds. The fourth-order valence-corrected chi connectivity index (χ4v) is 5.14. The van der Waals surface area contributed by atoms with Crippen LogP contribution in [0, 0.1) is 0 Å². The van der Waals surface area contributed by atoms with Crippen molar-refractivity contribution in [3.05, 3.63) is 12.2 Å². The lowest BCUT2D eigenvalue weighted by molar-refractivity contribution is 0.482. The Labute approximate surface area is 116 Å². The van der Waals surface area contributed by atoms with Crippen LogP contribution in [0.5, 0.6) is 0 Å². The van der Waals surface area contributed by atoms with Crippen molar-refractivity contribution in [2.75, 3.05) is 18.1 Å². The molecular weight excluding hydrogens is 246 g/mol. The van der Waals surface area contributed by atoms with Crippen LogP contribution in [0.25, 0.3) is 0 Å². The smallest absolute Gasteiger partial charge is 0.0320 e. The van der Waals surface area contributed by atoms with Gasteiger partial charge in [-0.15, -0.1) is 0 Å². The lowest BCUT2D eigenvalue weighted by Gasteiger charge is -2.35. The minimum Gasteiger partial charge on any atom is -0.313 e. The molecule has 3 atom stereocenters. The number of rotatable bonds is 7. The Morgan fingerprint density at radius 1 is 1.35 bits per heavy atom. The van der Waals surface area contributed by atoms with Crippen LogP contribution in [0.4, 0.5) is 0 Å². The Kier molecular flexibility index (Phi) is 7.72. The second-order valence-electron chi connectivity index (χ2n) is 4.78. The summed E-state index contributed by atoms with van der Waals surface area (Å²) in [5.74, 6) is 2.63. The molecule has 0 radical (unpaired) electrons. The first-order chi connectivity index (χ1) is 8.19. The Balaban J connectivity index is 2.56. The van der Waals surface area contributed by atoms with E-state index in [0.29, 0.717) is 6.04 Å². The molecule has 17 heavy (non-hydrogen) atoms. The van der Waals surface area contributed by atoms with Gasteiger partial charge in [0.1, 0.15) is 0 Å². The van der Waals surface area contributed by atoms with Crippen LogP contribution in [0.2, 0.25) is 0 Å². The molecule has 1 nitrogen and oxygen atoms in total. The number of hydrogen-bond donors (Lipinski definition) is 1. The highest BCUT2D eigenvalue weighted by Gasteiger charge is 2.29. The van der Waals surface area contributed by atoms with Crippen molar-refractivity contribution >= 4 is 23.5 Å². The van der Waals surface area contributed by atoms with Gasteiger partial charge in [-0.3, -0.25) is 0 Å². The van der Waals surface area contributed by atoms with Gasteiger partial charge in [0.15, 0.2) is 0 Å². The second-order valence-corrected chi connectivity index (χ2v) is 7.55. The number of hydrogen-bond acceptors (Lipinski definition) is 3. The van der Waals surface area contributed by atoms with Gasteiger partial charge in [-0.1, -0.05) is 32.9 Å². The largest absolute Gasteiger partial charge is 0.313 e. The maximum absolute atomic E-state index is 4.18. The predicted molar refractivity (Wildman–Crippen MR) is 84.3 cm³/mol. The summed E-state index contributed by atoms with van der Waals surface area (Å²) in [5.41, 5.74) is 1.39. The molecule has 3 heteroatoms. The highest BCUT2D eigenvalue weighted by Crippen LogP contribution is 2.34. The molecule has 1 aliphatic rings. The molecule has 0 spiro atoms. The molecule has 0 aromatic carbocycles. The Hall–Kier alpha value is 0.400. The molecular formula is C14H27NS2. The molecule has 1 aliphatic heterocycles. The first-order valence-electron chi connectivity index (χ1n) is 6.82. The van der Waals surface area contributed by atoms with Crippen molar-refractivity contribution in [3.63, 3.8) is 0 Å². The van der Waals surface area contributed by atoms with Gasteiger partial charge < -0.3 is 5.32 Å². The van der Waals surface area contributed by atoms with E-state index < -0.39 is 0 Å². The van der Waals surface area contributed by atoms with Gasteiger partial charge in [-0.2, -0.15) is 23.5 Å². The van der Waals surface area contributed by atoms with Crippen LogP contribution in [0.3, 0.4) is 0 Å². The fourth-order valence-electron chi connectivity index (χ4n) is 2.18. The minimum atomic E-state index is 0.621. The van der Waals surface area contributed by atoms with E-state index >= 15 is 0 Å². The standard InChI is InChI=1S/C14H27NS2/c1-5-7-15-13(10-11(3)6-2)14-12(4)16-8-9-17-14/h12-15H,3,5-10H2,1-2,4H3. The van der Waals surface area contributed by atoms with Crippen LogP contribution in [-0.2, 0) is 0 Å². The quantitative estimate of drug-likeness (QED) is 0.706. The van der Waals surface area contributed by atoms with E-state index in [1.54, 1.807) is 0 Å². The zero-order valence-corrected chi connectivity index (χ0v) is 13.1. The Morgan fingerprint density at radius 3 is 2.65 bits per heavy atom. The van der Waals surface area contributed by atoms with Gasteiger partial charge in [0.05, 0.1) is 0 Å². The molecule has 0 aromatic rings. The van der Waals surface area contributed by atoms with Crippen molar-refractivity contribution in [2.45, 2.75) is 56.6 Å². The highest BCUT2D eigenvalue weighted by molar-refractivity contribution is 8.07. The van der Waals surface area contributed by atoms with Gasteiger partial charge in [-0.05, 0) is 25.8 Å². The third-order valence-corrected chi connectivity index (χ3v) is 6.55.